The molecule has 1 aromatic heterocycles. The Morgan fingerprint density at radius 1 is 1.17 bits per heavy atom. The number of aryl methyl sites for hydroxylation is 1. The van der Waals surface area contributed by atoms with Gasteiger partial charge in [0.25, 0.3) is 10.2 Å². The molecule has 23 heavy (non-hydrogen) atoms. The minimum absolute atomic E-state index is 0.0761. The molecule has 2 aliphatic rings. The molecular weight excluding hydrogens is 318 g/mol. The van der Waals surface area contributed by atoms with Gasteiger partial charge in [-0.1, -0.05) is 0 Å². The van der Waals surface area contributed by atoms with Crippen LogP contribution in [0, 0.1) is 0 Å². The van der Waals surface area contributed by atoms with Crippen LogP contribution in [0.1, 0.15) is 38.4 Å². The third-order valence-corrected chi connectivity index (χ3v) is 6.47. The molecule has 0 radical (unpaired) electrons. The Morgan fingerprint density at radius 2 is 1.87 bits per heavy atom. The smallest absolute Gasteiger partial charge is 0.282 e. The quantitative estimate of drug-likeness (QED) is 0.791. The van der Waals surface area contributed by atoms with Crippen molar-refractivity contribution in [2.75, 3.05) is 26.2 Å². The zero-order chi connectivity index (χ0) is 16.6. The molecule has 8 nitrogen and oxygen atoms in total. The van der Waals surface area contributed by atoms with Gasteiger partial charge < -0.3 is 9.30 Å². The standard InChI is InChI=1S/C14H25N5O3S/c1-11-7-19(8-12(2)22-11)23(20,21)18-6-4-5-13(9-18)14-16-15-10-17(14)3/h10-13H,4-9H2,1-3H3. The van der Waals surface area contributed by atoms with Crippen LogP contribution in [0.15, 0.2) is 6.33 Å². The summed E-state index contributed by atoms with van der Waals surface area (Å²) in [6.45, 7) is 5.69. The van der Waals surface area contributed by atoms with Crippen LogP contribution >= 0.6 is 0 Å². The lowest BCUT2D eigenvalue weighted by Crippen LogP contribution is -2.54. The van der Waals surface area contributed by atoms with E-state index in [4.69, 9.17) is 4.74 Å². The zero-order valence-corrected chi connectivity index (χ0v) is 14.7. The summed E-state index contributed by atoms with van der Waals surface area (Å²) >= 11 is 0. The maximum absolute atomic E-state index is 13.0. The fraction of sp³-hybridized carbons (Fsp3) is 0.857. The number of hydrogen-bond donors (Lipinski definition) is 0. The lowest BCUT2D eigenvalue weighted by atomic mass is 9.99. The number of ether oxygens (including phenoxy) is 1. The van der Waals surface area contributed by atoms with Crippen molar-refractivity contribution in [3.05, 3.63) is 12.2 Å². The molecule has 3 unspecified atom stereocenters. The summed E-state index contributed by atoms with van der Waals surface area (Å²) in [4.78, 5) is 0. The molecule has 3 atom stereocenters. The first kappa shape index (κ1) is 16.8. The summed E-state index contributed by atoms with van der Waals surface area (Å²) in [5.41, 5.74) is 0. The molecule has 3 rings (SSSR count). The minimum Gasteiger partial charge on any atom is -0.373 e. The van der Waals surface area contributed by atoms with Gasteiger partial charge in [0.05, 0.1) is 12.2 Å². The van der Waals surface area contributed by atoms with Gasteiger partial charge in [0.1, 0.15) is 12.2 Å². The highest BCUT2D eigenvalue weighted by molar-refractivity contribution is 7.86. The highest BCUT2D eigenvalue weighted by Gasteiger charge is 2.38. The lowest BCUT2D eigenvalue weighted by Gasteiger charge is -2.39. The van der Waals surface area contributed by atoms with E-state index in [1.54, 1.807) is 14.9 Å². The van der Waals surface area contributed by atoms with Crippen molar-refractivity contribution in [2.24, 2.45) is 7.05 Å². The van der Waals surface area contributed by atoms with E-state index in [0.717, 1.165) is 18.7 Å². The highest BCUT2D eigenvalue weighted by Crippen LogP contribution is 2.28. The van der Waals surface area contributed by atoms with Crippen molar-refractivity contribution < 1.29 is 13.2 Å². The minimum atomic E-state index is -3.46. The summed E-state index contributed by atoms with van der Waals surface area (Å²) in [6.07, 6.45) is 3.29. The molecule has 0 bridgehead atoms. The first-order valence-electron chi connectivity index (χ1n) is 8.12. The Labute approximate surface area is 137 Å². The summed E-state index contributed by atoms with van der Waals surface area (Å²) in [5.74, 6) is 0.954. The summed E-state index contributed by atoms with van der Waals surface area (Å²) in [5, 5.41) is 8.06. The topological polar surface area (TPSA) is 80.6 Å². The molecule has 0 aromatic carbocycles. The Morgan fingerprint density at radius 3 is 2.48 bits per heavy atom. The third-order valence-electron chi connectivity index (χ3n) is 4.53. The number of nitrogens with zero attached hydrogens (tertiary/aromatic N) is 5. The molecule has 130 valence electrons. The molecule has 9 heteroatoms. The van der Waals surface area contributed by atoms with E-state index >= 15 is 0 Å². The van der Waals surface area contributed by atoms with E-state index < -0.39 is 10.2 Å². The molecule has 0 aliphatic carbocycles. The number of hydrogen-bond acceptors (Lipinski definition) is 5. The maximum Gasteiger partial charge on any atom is 0.282 e. The fourth-order valence-corrected chi connectivity index (χ4v) is 5.36. The van der Waals surface area contributed by atoms with Gasteiger partial charge in [0.2, 0.25) is 0 Å². The van der Waals surface area contributed by atoms with Gasteiger partial charge in [-0.3, -0.25) is 0 Å². The summed E-state index contributed by atoms with van der Waals surface area (Å²) in [7, 11) is -1.56. The monoisotopic (exact) mass is 343 g/mol. The molecule has 2 saturated heterocycles. The van der Waals surface area contributed by atoms with Crippen LogP contribution in [-0.4, -0.2) is 70.2 Å². The SMILES string of the molecule is CC1CN(S(=O)(=O)N2CCCC(c3nncn3C)C2)CC(C)O1. The summed E-state index contributed by atoms with van der Waals surface area (Å²) < 4.78 is 36.7. The molecule has 0 amide bonds. The Kier molecular flexibility index (Phi) is 4.73. The summed E-state index contributed by atoms with van der Waals surface area (Å²) in [6, 6.07) is 0. The molecule has 1 aromatic rings. The van der Waals surface area contributed by atoms with Crippen molar-refractivity contribution in [1.29, 1.82) is 0 Å². The average molecular weight is 343 g/mol. The van der Waals surface area contributed by atoms with Crippen LogP contribution < -0.4 is 0 Å². The van der Waals surface area contributed by atoms with Crippen LogP contribution in [0.25, 0.3) is 0 Å². The second kappa shape index (κ2) is 6.46. The van der Waals surface area contributed by atoms with Gasteiger partial charge in [-0.2, -0.15) is 17.0 Å². The molecule has 3 heterocycles. The Balaban J connectivity index is 1.76. The van der Waals surface area contributed by atoms with E-state index in [1.807, 2.05) is 25.5 Å². The van der Waals surface area contributed by atoms with Crippen molar-refractivity contribution >= 4 is 10.2 Å². The van der Waals surface area contributed by atoms with Crippen LogP contribution in [-0.2, 0) is 22.0 Å². The highest BCUT2D eigenvalue weighted by atomic mass is 32.2. The number of piperidine rings is 1. The van der Waals surface area contributed by atoms with Gasteiger partial charge in [0, 0.05) is 39.1 Å². The largest absolute Gasteiger partial charge is 0.373 e. The predicted octanol–water partition coefficient (Wildman–Crippen LogP) is 0.349. The first-order valence-corrected chi connectivity index (χ1v) is 9.52. The molecular formula is C14H25N5O3S. The normalized spacial score (nSPS) is 31.3. The van der Waals surface area contributed by atoms with E-state index in [-0.39, 0.29) is 18.1 Å². The molecule has 0 saturated carbocycles. The number of aromatic nitrogens is 3. The molecule has 2 aliphatic heterocycles. The molecule has 2 fully saturated rings. The third kappa shape index (κ3) is 3.42. The van der Waals surface area contributed by atoms with Gasteiger partial charge in [0.15, 0.2) is 0 Å². The fourth-order valence-electron chi connectivity index (χ4n) is 3.51. The average Bonchev–Trinajstić information content (AvgIpc) is 2.92. The van der Waals surface area contributed by atoms with Crippen molar-refractivity contribution in [3.63, 3.8) is 0 Å². The number of morpholine rings is 1. The molecule has 0 N–H and O–H groups in total. The van der Waals surface area contributed by atoms with Crippen LogP contribution in [0.5, 0.6) is 0 Å². The van der Waals surface area contributed by atoms with Gasteiger partial charge >= 0.3 is 0 Å². The van der Waals surface area contributed by atoms with Crippen molar-refractivity contribution in [1.82, 2.24) is 23.4 Å². The number of rotatable bonds is 3. The van der Waals surface area contributed by atoms with E-state index in [0.29, 0.717) is 26.2 Å². The Bertz CT molecular complexity index is 637. The van der Waals surface area contributed by atoms with Gasteiger partial charge in [-0.25, -0.2) is 0 Å². The van der Waals surface area contributed by atoms with Crippen LogP contribution in [0.2, 0.25) is 0 Å². The van der Waals surface area contributed by atoms with Gasteiger partial charge in [-0.05, 0) is 26.7 Å². The van der Waals surface area contributed by atoms with Crippen molar-refractivity contribution in [2.45, 2.75) is 44.8 Å². The van der Waals surface area contributed by atoms with E-state index in [9.17, 15) is 8.42 Å². The van der Waals surface area contributed by atoms with E-state index in [1.165, 1.54) is 0 Å². The second-order valence-corrected chi connectivity index (χ2v) is 8.51. The maximum atomic E-state index is 13.0. The van der Waals surface area contributed by atoms with Gasteiger partial charge in [-0.15, -0.1) is 10.2 Å². The van der Waals surface area contributed by atoms with Crippen LogP contribution in [0.3, 0.4) is 0 Å². The van der Waals surface area contributed by atoms with E-state index in [2.05, 4.69) is 10.2 Å². The van der Waals surface area contributed by atoms with Crippen molar-refractivity contribution in [3.8, 4) is 0 Å². The second-order valence-electron chi connectivity index (χ2n) is 6.58. The Hall–Kier alpha value is -1.03. The predicted molar refractivity (Wildman–Crippen MR) is 85.1 cm³/mol. The first-order chi connectivity index (χ1) is 10.9. The van der Waals surface area contributed by atoms with Crippen LogP contribution in [0.4, 0.5) is 0 Å². The lowest BCUT2D eigenvalue weighted by molar-refractivity contribution is -0.0456. The molecule has 0 spiro atoms. The zero-order valence-electron chi connectivity index (χ0n) is 13.9.